The number of aliphatic hydroxyl groups is 4. The number of aliphatic hydroxyl groups excluding tert-OH is 4. The zero-order valence-electron chi connectivity index (χ0n) is 12.9. The number of carbonyl (C=O) groups is 1. The predicted octanol–water partition coefficient (Wildman–Crippen LogP) is -1.50. The second-order valence-corrected chi connectivity index (χ2v) is 5.77. The molecule has 0 aromatic heterocycles. The third-order valence-electron chi connectivity index (χ3n) is 4.26. The zero-order valence-corrected chi connectivity index (χ0v) is 12.9. The molecule has 0 aromatic rings. The topological polar surface area (TPSA) is 126 Å². The maximum atomic E-state index is 11.0. The molecule has 132 valence electrons. The molecule has 0 saturated carbocycles. The normalized spacial score (nSPS) is 40.3. The molecule has 0 amide bonds. The Morgan fingerprint density at radius 1 is 1.04 bits per heavy atom. The predicted molar refractivity (Wildman–Crippen MR) is 77.4 cm³/mol. The van der Waals surface area contributed by atoms with Crippen LogP contribution in [0.15, 0.2) is 12.2 Å². The van der Waals surface area contributed by atoms with Crippen LogP contribution in [0.3, 0.4) is 0 Å². The first kappa shape index (κ1) is 18.3. The largest absolute Gasteiger partial charge is 0.466 e. The van der Waals surface area contributed by atoms with Gasteiger partial charge in [0.2, 0.25) is 0 Å². The summed E-state index contributed by atoms with van der Waals surface area (Å²) in [7, 11) is 1.28. The summed E-state index contributed by atoms with van der Waals surface area (Å²) in [4.78, 5) is 11.0. The molecule has 23 heavy (non-hydrogen) atoms. The van der Waals surface area contributed by atoms with Crippen LogP contribution in [0.4, 0.5) is 0 Å². The highest BCUT2D eigenvalue weighted by atomic mass is 16.6. The lowest BCUT2D eigenvalue weighted by atomic mass is 9.91. The van der Waals surface area contributed by atoms with Crippen molar-refractivity contribution in [2.45, 2.75) is 62.0 Å². The van der Waals surface area contributed by atoms with Crippen LogP contribution in [-0.4, -0.2) is 82.8 Å². The number of hydrogen-bond acceptors (Lipinski definition) is 8. The van der Waals surface area contributed by atoms with E-state index in [1.54, 1.807) is 6.08 Å². The molecule has 2 aliphatic heterocycles. The van der Waals surface area contributed by atoms with E-state index in [1.165, 1.54) is 13.2 Å². The number of esters is 1. The van der Waals surface area contributed by atoms with Gasteiger partial charge in [0, 0.05) is 12.7 Å². The van der Waals surface area contributed by atoms with Crippen molar-refractivity contribution in [1.29, 1.82) is 0 Å². The SMILES string of the molecule is COC(=O)/C=C/CC[C@@H]1O[C@H]2[C@@H](O)[C@@H](CCO)O[C@H]2[C@@H](O)[C@H]1O. The molecule has 0 aromatic carbocycles. The minimum atomic E-state index is -1.18. The Labute approximate surface area is 134 Å². The number of fused-ring (bicyclic) bond motifs is 1. The van der Waals surface area contributed by atoms with Crippen LogP contribution >= 0.6 is 0 Å². The number of allylic oxidation sites excluding steroid dienone is 1. The van der Waals surface area contributed by atoms with Gasteiger partial charge in [-0.2, -0.15) is 0 Å². The second-order valence-electron chi connectivity index (χ2n) is 5.77. The van der Waals surface area contributed by atoms with Gasteiger partial charge in [-0.25, -0.2) is 4.79 Å². The van der Waals surface area contributed by atoms with Gasteiger partial charge in [0.05, 0.1) is 19.3 Å². The molecule has 0 aliphatic carbocycles. The van der Waals surface area contributed by atoms with E-state index in [-0.39, 0.29) is 13.0 Å². The summed E-state index contributed by atoms with van der Waals surface area (Å²) in [5, 5.41) is 39.5. The lowest BCUT2D eigenvalue weighted by Gasteiger charge is -2.39. The maximum absolute atomic E-state index is 11.0. The van der Waals surface area contributed by atoms with Crippen molar-refractivity contribution in [3.05, 3.63) is 12.2 Å². The van der Waals surface area contributed by atoms with Crippen LogP contribution < -0.4 is 0 Å². The molecule has 2 heterocycles. The summed E-state index contributed by atoms with van der Waals surface area (Å²) in [6.07, 6.45) is -2.27. The Hall–Kier alpha value is -1.03. The van der Waals surface area contributed by atoms with Crippen molar-refractivity contribution in [2.75, 3.05) is 13.7 Å². The number of methoxy groups -OCH3 is 1. The smallest absolute Gasteiger partial charge is 0.330 e. The van der Waals surface area contributed by atoms with Crippen LogP contribution in [0.5, 0.6) is 0 Å². The Morgan fingerprint density at radius 2 is 1.65 bits per heavy atom. The summed E-state index contributed by atoms with van der Waals surface area (Å²) >= 11 is 0. The first-order valence-corrected chi connectivity index (χ1v) is 7.70. The third-order valence-corrected chi connectivity index (χ3v) is 4.26. The van der Waals surface area contributed by atoms with Crippen LogP contribution in [0.25, 0.3) is 0 Å². The van der Waals surface area contributed by atoms with Crippen molar-refractivity contribution in [3.63, 3.8) is 0 Å². The quantitative estimate of drug-likeness (QED) is 0.342. The molecule has 7 atom stereocenters. The molecule has 0 radical (unpaired) electrons. The summed E-state index contributed by atoms with van der Waals surface area (Å²) in [5.74, 6) is -0.471. The van der Waals surface area contributed by atoms with Gasteiger partial charge in [-0.15, -0.1) is 0 Å². The molecule has 2 fully saturated rings. The minimum absolute atomic E-state index is 0.151. The lowest BCUT2D eigenvalue weighted by Crippen LogP contribution is -2.57. The van der Waals surface area contributed by atoms with Crippen LogP contribution in [0, 0.1) is 0 Å². The van der Waals surface area contributed by atoms with Crippen molar-refractivity contribution < 1.29 is 39.4 Å². The Kier molecular flexibility index (Phi) is 6.51. The molecule has 4 N–H and O–H groups in total. The van der Waals surface area contributed by atoms with E-state index in [2.05, 4.69) is 4.74 Å². The fourth-order valence-electron chi connectivity index (χ4n) is 3.01. The summed E-state index contributed by atoms with van der Waals surface area (Å²) in [6.45, 7) is -0.151. The van der Waals surface area contributed by atoms with Crippen molar-refractivity contribution in [2.24, 2.45) is 0 Å². The highest BCUT2D eigenvalue weighted by Crippen LogP contribution is 2.35. The van der Waals surface area contributed by atoms with E-state index in [0.717, 1.165) is 0 Å². The highest BCUT2D eigenvalue weighted by molar-refractivity contribution is 5.81. The molecule has 2 saturated heterocycles. The van der Waals surface area contributed by atoms with Crippen molar-refractivity contribution in [3.8, 4) is 0 Å². The standard InChI is InChI=1S/C15H24O8/c1-21-10(17)5-3-2-4-8-11(18)13(20)15-14(22-8)12(19)9(23-15)6-7-16/h3,5,8-9,11-16,18-20H,2,4,6-7H2,1H3/b5-3+/t8-,9+,11-,12-,13-,14-,15-/m0/s1. The maximum Gasteiger partial charge on any atom is 0.330 e. The molecule has 0 unspecified atom stereocenters. The highest BCUT2D eigenvalue weighted by Gasteiger charge is 2.54. The molecule has 2 rings (SSSR count). The second kappa shape index (κ2) is 8.18. The van der Waals surface area contributed by atoms with E-state index in [1.807, 2.05) is 0 Å². The van der Waals surface area contributed by atoms with Crippen molar-refractivity contribution in [1.82, 2.24) is 0 Å². The van der Waals surface area contributed by atoms with Gasteiger partial charge < -0.3 is 34.6 Å². The van der Waals surface area contributed by atoms with Gasteiger partial charge in [0.15, 0.2) is 0 Å². The van der Waals surface area contributed by atoms with Gasteiger partial charge in [0.25, 0.3) is 0 Å². The monoisotopic (exact) mass is 332 g/mol. The van der Waals surface area contributed by atoms with Gasteiger partial charge in [-0.1, -0.05) is 6.08 Å². The Morgan fingerprint density at radius 3 is 2.26 bits per heavy atom. The summed E-state index contributed by atoms with van der Waals surface area (Å²) in [5.41, 5.74) is 0. The van der Waals surface area contributed by atoms with Crippen LogP contribution in [-0.2, 0) is 19.0 Å². The molecule has 0 bridgehead atoms. The zero-order chi connectivity index (χ0) is 17.0. The van der Waals surface area contributed by atoms with E-state index in [4.69, 9.17) is 14.6 Å². The Balaban J connectivity index is 1.94. The van der Waals surface area contributed by atoms with E-state index in [9.17, 15) is 20.1 Å². The van der Waals surface area contributed by atoms with Gasteiger partial charge in [-0.05, 0) is 19.3 Å². The van der Waals surface area contributed by atoms with Gasteiger partial charge in [-0.3, -0.25) is 0 Å². The molecule has 0 spiro atoms. The summed E-state index contributed by atoms with van der Waals surface area (Å²) < 4.78 is 15.7. The molecular formula is C15H24O8. The van der Waals surface area contributed by atoms with Gasteiger partial charge in [0.1, 0.15) is 30.5 Å². The fourth-order valence-corrected chi connectivity index (χ4v) is 3.01. The number of hydrogen-bond donors (Lipinski definition) is 4. The van der Waals surface area contributed by atoms with Crippen molar-refractivity contribution >= 4 is 5.97 Å². The molecule has 8 heteroatoms. The fraction of sp³-hybridized carbons (Fsp3) is 0.800. The third kappa shape index (κ3) is 4.09. The first-order valence-electron chi connectivity index (χ1n) is 7.70. The van der Waals surface area contributed by atoms with E-state index >= 15 is 0 Å². The number of rotatable bonds is 6. The van der Waals surface area contributed by atoms with E-state index in [0.29, 0.717) is 12.8 Å². The Bertz CT molecular complexity index is 426. The number of ether oxygens (including phenoxy) is 3. The average molecular weight is 332 g/mol. The summed E-state index contributed by atoms with van der Waals surface area (Å²) in [6, 6.07) is 0. The first-order chi connectivity index (χ1) is 11.0. The molecular weight excluding hydrogens is 308 g/mol. The number of carbonyl (C=O) groups excluding carboxylic acids is 1. The van der Waals surface area contributed by atoms with Gasteiger partial charge >= 0.3 is 5.97 Å². The average Bonchev–Trinajstić information content (AvgIpc) is 2.85. The lowest BCUT2D eigenvalue weighted by molar-refractivity contribution is -0.217. The van der Waals surface area contributed by atoms with Crippen LogP contribution in [0.2, 0.25) is 0 Å². The van der Waals surface area contributed by atoms with Crippen LogP contribution in [0.1, 0.15) is 19.3 Å². The van der Waals surface area contributed by atoms with E-state index < -0.39 is 48.7 Å². The minimum Gasteiger partial charge on any atom is -0.466 e. The molecule has 8 nitrogen and oxygen atoms in total. The molecule has 2 aliphatic rings.